The number of aryl methyl sites for hydroxylation is 1. The number of aliphatic hydroxyl groups is 1. The van der Waals surface area contributed by atoms with Crippen molar-refractivity contribution in [1.29, 1.82) is 5.26 Å². The van der Waals surface area contributed by atoms with Gasteiger partial charge in [-0.3, -0.25) is 39.1 Å². The number of thiocarbonyl (C=S) groups is 1. The molecule has 3 N–H and O–H groups in total. The molecule has 5 heterocycles. The molecule has 3 saturated heterocycles. The highest BCUT2D eigenvalue weighted by molar-refractivity contribution is 7.80. The number of anilines is 3. The van der Waals surface area contributed by atoms with Gasteiger partial charge < -0.3 is 15.3 Å². The highest BCUT2D eigenvalue weighted by Gasteiger charge is 2.52. The van der Waals surface area contributed by atoms with Crippen molar-refractivity contribution in [2.75, 3.05) is 47.9 Å². The Kier molecular flexibility index (Phi) is 12.8. The minimum Gasteiger partial charge on any atom is -0.396 e. The zero-order chi connectivity index (χ0) is 43.7. The van der Waals surface area contributed by atoms with Crippen LogP contribution >= 0.6 is 12.2 Å². The fraction of sp³-hybridized carbons (Fsp3) is 0.538. The maximum atomic E-state index is 14.3. The monoisotopic (exact) mass is 864 g/mol. The van der Waals surface area contributed by atoms with Gasteiger partial charge in [-0.1, -0.05) is 25.3 Å². The third-order valence-corrected chi connectivity index (χ3v) is 11.7. The normalized spacial score (nSPS) is 21.1. The summed E-state index contributed by atoms with van der Waals surface area (Å²) in [5.41, 5.74) is -1.92. The number of aliphatic hydroxyl groups excluding tert-OH is 1. The van der Waals surface area contributed by atoms with Crippen LogP contribution in [0.25, 0.3) is 10.9 Å². The average molecular weight is 865 g/mol. The number of fused-ring (bicyclic) bond motifs is 1. The molecule has 5 amide bonds. The predicted molar refractivity (Wildman–Crippen MR) is 217 cm³/mol. The molecule has 15 nitrogen and oxygen atoms in total. The number of imide groups is 1. The van der Waals surface area contributed by atoms with E-state index in [4.69, 9.17) is 22.6 Å². The highest BCUT2D eigenvalue weighted by atomic mass is 32.1. The number of nitriles is 1. The van der Waals surface area contributed by atoms with Crippen molar-refractivity contribution in [2.24, 2.45) is 13.0 Å². The molecule has 4 aliphatic rings. The number of hydrogen-bond donors (Lipinski definition) is 3. The van der Waals surface area contributed by atoms with Crippen LogP contribution in [-0.4, -0.2) is 109 Å². The number of amides is 5. The summed E-state index contributed by atoms with van der Waals surface area (Å²) in [4.78, 5) is 58.8. The number of halogens is 5. The van der Waals surface area contributed by atoms with E-state index in [-0.39, 0.29) is 64.6 Å². The molecular weight excluding hydrogens is 816 g/mol. The topological polar surface area (TPSA) is 180 Å². The minimum absolute atomic E-state index is 0. The number of likely N-dealkylation sites (tertiary alicyclic amines) is 1. The summed E-state index contributed by atoms with van der Waals surface area (Å²) in [6.45, 7) is 2.99. The number of piperidine rings is 1. The standard InChI is InChI=1S/C21H26F2N6O4.C18H19F3N4OS.2H2/c1-27-18-14(19(26-27)29-9-6-16(31)25-20(29)33)3-2-4-15(18)24-17(32)11-28-8-5-13(7-10-30)21(22,23)12-28;1-17(2)15(26)24(16(27)25(17)11-6-4-3-5-7-11)12-8-13(18(19,20)21)14(9-22)23-10-12;;/h2-4,13,30H,5-12H2,1H3,(H,24,32)(H,25,31,33);8,10-11H,3-7H2,1-2H3;2*1H. The molecule has 4 fully saturated rings. The number of alkyl halides is 5. The first-order valence-corrected chi connectivity index (χ1v) is 19.9. The van der Waals surface area contributed by atoms with Gasteiger partial charge in [0.15, 0.2) is 16.6 Å². The van der Waals surface area contributed by atoms with Crippen LogP contribution in [-0.2, 0) is 27.6 Å². The zero-order valence-corrected chi connectivity index (χ0v) is 34.0. The van der Waals surface area contributed by atoms with Crippen molar-refractivity contribution < 1.29 is 49.1 Å². The fourth-order valence-electron chi connectivity index (χ4n) is 8.35. The Morgan fingerprint density at radius 2 is 1.85 bits per heavy atom. The number of para-hydroxylation sites is 1. The third-order valence-electron chi connectivity index (χ3n) is 11.3. The van der Waals surface area contributed by atoms with E-state index in [1.165, 1.54) is 20.6 Å². The second-order valence-corrected chi connectivity index (χ2v) is 16.1. The molecule has 1 unspecified atom stereocenters. The smallest absolute Gasteiger partial charge is 0.396 e. The van der Waals surface area contributed by atoms with Gasteiger partial charge in [-0.25, -0.2) is 18.6 Å². The number of nitrogens with zero attached hydrogens (tertiary/aromatic N) is 8. The molecule has 1 aromatic carbocycles. The average Bonchev–Trinajstić information content (AvgIpc) is 3.61. The molecule has 2 aromatic heterocycles. The van der Waals surface area contributed by atoms with Gasteiger partial charge in [0.05, 0.1) is 41.7 Å². The Balaban J connectivity index is 0.000000269. The number of hydrogen-bond acceptors (Lipinski definition) is 10. The lowest BCUT2D eigenvalue weighted by Crippen LogP contribution is -2.50. The number of carbonyl (C=O) groups is 4. The van der Waals surface area contributed by atoms with E-state index in [9.17, 15) is 41.1 Å². The molecule has 3 aromatic rings. The molecule has 7 rings (SSSR count). The van der Waals surface area contributed by atoms with Crippen LogP contribution in [0.3, 0.4) is 0 Å². The van der Waals surface area contributed by atoms with E-state index in [0.29, 0.717) is 29.0 Å². The lowest BCUT2D eigenvalue weighted by atomic mass is 9.90. The first-order valence-electron chi connectivity index (χ1n) is 19.5. The Hall–Kier alpha value is -5.33. The molecule has 21 heteroatoms. The predicted octanol–water partition coefficient (Wildman–Crippen LogP) is 5.81. The molecular formula is C39H49F5N10O5S. The Morgan fingerprint density at radius 1 is 1.13 bits per heavy atom. The van der Waals surface area contributed by atoms with E-state index in [2.05, 4.69) is 20.7 Å². The molecule has 0 radical (unpaired) electrons. The quantitative estimate of drug-likeness (QED) is 0.184. The van der Waals surface area contributed by atoms with Crippen molar-refractivity contribution >= 4 is 69.2 Å². The molecule has 1 atom stereocenters. The van der Waals surface area contributed by atoms with Gasteiger partial charge in [-0.2, -0.15) is 23.5 Å². The van der Waals surface area contributed by atoms with Gasteiger partial charge in [-0.15, -0.1) is 0 Å². The fourth-order valence-corrected chi connectivity index (χ4v) is 8.92. The molecule has 326 valence electrons. The van der Waals surface area contributed by atoms with Crippen LogP contribution < -0.4 is 20.4 Å². The van der Waals surface area contributed by atoms with E-state index in [1.807, 2.05) is 4.90 Å². The second kappa shape index (κ2) is 17.3. The molecule has 0 spiro atoms. The van der Waals surface area contributed by atoms with E-state index < -0.39 is 59.2 Å². The SMILES string of the molecule is CC1(C)C(=O)N(c2cnc(C#N)c(C(F)(F)F)c2)C(=S)N1C1CCCCC1.Cn1nc(N2CCC(=O)NC2=O)c2cccc(NC(=O)CN3CCC(CCO)C(F)(F)C3)c21.[HH].[HH]. The van der Waals surface area contributed by atoms with Crippen LogP contribution in [0.15, 0.2) is 30.5 Å². The van der Waals surface area contributed by atoms with Crippen LogP contribution in [0.2, 0.25) is 0 Å². The molecule has 1 aliphatic carbocycles. The number of rotatable bonds is 8. The van der Waals surface area contributed by atoms with Gasteiger partial charge in [-0.05, 0) is 76.5 Å². The number of benzene rings is 1. The molecule has 3 aliphatic heterocycles. The summed E-state index contributed by atoms with van der Waals surface area (Å²) in [6.07, 6.45) is 1.73. The maximum absolute atomic E-state index is 14.3. The van der Waals surface area contributed by atoms with Gasteiger partial charge in [0.1, 0.15) is 11.6 Å². The van der Waals surface area contributed by atoms with Crippen LogP contribution in [0, 0.1) is 17.2 Å². The van der Waals surface area contributed by atoms with Crippen molar-refractivity contribution in [3.05, 3.63) is 41.7 Å². The minimum atomic E-state index is -4.75. The number of carbonyl (C=O) groups excluding carboxylic acids is 4. The second-order valence-electron chi connectivity index (χ2n) is 15.8. The van der Waals surface area contributed by atoms with Crippen molar-refractivity contribution in [2.45, 2.75) is 88.9 Å². The number of aromatic nitrogens is 3. The summed E-state index contributed by atoms with van der Waals surface area (Å²) in [5.74, 6) is -4.67. The number of nitrogens with one attached hydrogen (secondary N) is 2. The first kappa shape index (κ1) is 44.2. The van der Waals surface area contributed by atoms with Crippen molar-refractivity contribution in [3.63, 3.8) is 0 Å². The number of urea groups is 1. The van der Waals surface area contributed by atoms with Gasteiger partial charge in [0, 0.05) is 46.8 Å². The molecule has 0 bridgehead atoms. The summed E-state index contributed by atoms with van der Waals surface area (Å²) >= 11 is 5.51. The lowest BCUT2D eigenvalue weighted by molar-refractivity contribution is -0.138. The number of pyridine rings is 1. The first-order chi connectivity index (χ1) is 28.3. The zero-order valence-electron chi connectivity index (χ0n) is 33.2. The summed E-state index contributed by atoms with van der Waals surface area (Å²) in [6, 6.07) is 6.87. The van der Waals surface area contributed by atoms with E-state index >= 15 is 0 Å². The van der Waals surface area contributed by atoms with Crippen LogP contribution in [0.1, 0.15) is 79.3 Å². The van der Waals surface area contributed by atoms with Crippen molar-refractivity contribution in [3.8, 4) is 6.07 Å². The van der Waals surface area contributed by atoms with E-state index in [1.54, 1.807) is 39.1 Å². The largest absolute Gasteiger partial charge is 0.419 e. The van der Waals surface area contributed by atoms with Gasteiger partial charge >= 0.3 is 12.2 Å². The van der Waals surface area contributed by atoms with Crippen LogP contribution in [0.5, 0.6) is 0 Å². The third kappa shape index (κ3) is 8.90. The van der Waals surface area contributed by atoms with E-state index in [0.717, 1.165) is 49.3 Å². The van der Waals surface area contributed by atoms with Gasteiger partial charge in [0.2, 0.25) is 11.8 Å². The lowest BCUT2D eigenvalue weighted by Gasteiger charge is -2.39. The Labute approximate surface area is 350 Å². The Morgan fingerprint density at radius 3 is 2.48 bits per heavy atom. The summed E-state index contributed by atoms with van der Waals surface area (Å²) < 4.78 is 70.0. The van der Waals surface area contributed by atoms with Crippen LogP contribution in [0.4, 0.5) is 43.9 Å². The summed E-state index contributed by atoms with van der Waals surface area (Å²) in [7, 11) is 1.67. The van der Waals surface area contributed by atoms with Crippen molar-refractivity contribution in [1.82, 2.24) is 29.9 Å². The highest BCUT2D eigenvalue weighted by Crippen LogP contribution is 2.40. The Bertz CT molecular complexity index is 2230. The van der Waals surface area contributed by atoms with Gasteiger partial charge in [0.25, 0.3) is 11.8 Å². The summed E-state index contributed by atoms with van der Waals surface area (Å²) in [5, 5.41) is 28.1. The molecule has 1 saturated carbocycles. The maximum Gasteiger partial charge on any atom is 0.419 e. The molecule has 60 heavy (non-hydrogen) atoms.